The standard InChI is InChI=1S/C8H11N.C4H4/c1-2-9-8-6-4-3-5-7-8;1-3-4-2/h3-7,9H,2H2,1H3;1,4H,2H2. The lowest BCUT2D eigenvalue weighted by atomic mass is 10.3. The van der Waals surface area contributed by atoms with Crippen LogP contribution in [0.4, 0.5) is 5.69 Å². The normalized spacial score (nSPS) is 7.38. The Hall–Kier alpha value is -1.68. The van der Waals surface area contributed by atoms with Crippen molar-refractivity contribution in [2.75, 3.05) is 11.9 Å². The van der Waals surface area contributed by atoms with Gasteiger partial charge in [-0.1, -0.05) is 30.7 Å². The predicted octanol–water partition coefficient (Wildman–Crippen LogP) is 2.92. The quantitative estimate of drug-likeness (QED) is 0.678. The monoisotopic (exact) mass is 173 g/mol. The molecule has 0 fully saturated rings. The van der Waals surface area contributed by atoms with Gasteiger partial charge in [0.05, 0.1) is 0 Å². The molecule has 1 aromatic carbocycles. The maximum absolute atomic E-state index is 4.66. The van der Waals surface area contributed by atoms with Crippen LogP contribution in [0.25, 0.3) is 0 Å². The Kier molecular flexibility index (Phi) is 7.33. The number of hydrogen-bond acceptors (Lipinski definition) is 1. The van der Waals surface area contributed by atoms with Gasteiger partial charge in [0, 0.05) is 12.2 Å². The van der Waals surface area contributed by atoms with Crippen LogP contribution in [0.15, 0.2) is 43.0 Å². The highest BCUT2D eigenvalue weighted by atomic mass is 14.8. The second-order valence-corrected chi connectivity index (χ2v) is 2.27. The maximum atomic E-state index is 4.66. The van der Waals surface area contributed by atoms with E-state index in [0.717, 1.165) is 6.54 Å². The summed E-state index contributed by atoms with van der Waals surface area (Å²) in [6.45, 7) is 6.32. The van der Waals surface area contributed by atoms with Gasteiger partial charge in [0.15, 0.2) is 0 Å². The molecular weight excluding hydrogens is 158 g/mol. The Bertz CT molecular complexity index is 256. The van der Waals surface area contributed by atoms with Crippen LogP contribution >= 0.6 is 0 Å². The molecule has 0 bridgehead atoms. The lowest BCUT2D eigenvalue weighted by Gasteiger charge is -1.99. The molecule has 68 valence electrons. The Balaban J connectivity index is 0.000000310. The molecule has 1 rings (SSSR count). The number of terminal acetylenes is 1. The molecule has 0 unspecified atom stereocenters. The van der Waals surface area contributed by atoms with Crippen molar-refractivity contribution in [3.8, 4) is 12.3 Å². The topological polar surface area (TPSA) is 12.0 Å². The molecular formula is C12H15N. The number of nitrogens with one attached hydrogen (secondary N) is 1. The summed E-state index contributed by atoms with van der Waals surface area (Å²) in [6.07, 6.45) is 6.06. The lowest BCUT2D eigenvalue weighted by Crippen LogP contribution is -1.94. The van der Waals surface area contributed by atoms with E-state index in [1.807, 2.05) is 18.2 Å². The Morgan fingerprint density at radius 2 is 2.00 bits per heavy atom. The average molecular weight is 173 g/mol. The summed E-state index contributed by atoms with van der Waals surface area (Å²) in [5.74, 6) is 2.19. The summed E-state index contributed by atoms with van der Waals surface area (Å²) in [5.41, 5.74) is 1.19. The molecule has 0 aliphatic heterocycles. The first-order chi connectivity index (χ1) is 6.35. The smallest absolute Gasteiger partial charge is 0.0340 e. The van der Waals surface area contributed by atoms with Crippen LogP contribution in [0.1, 0.15) is 6.92 Å². The van der Waals surface area contributed by atoms with Gasteiger partial charge in [0.25, 0.3) is 0 Å². The first-order valence-corrected chi connectivity index (χ1v) is 4.21. The molecule has 0 saturated heterocycles. The van der Waals surface area contributed by atoms with E-state index in [0.29, 0.717) is 0 Å². The second-order valence-electron chi connectivity index (χ2n) is 2.27. The molecule has 0 radical (unpaired) electrons. The maximum Gasteiger partial charge on any atom is 0.0340 e. The minimum absolute atomic E-state index is 0.990. The van der Waals surface area contributed by atoms with Gasteiger partial charge in [-0.2, -0.15) is 0 Å². The third-order valence-electron chi connectivity index (χ3n) is 1.27. The highest BCUT2D eigenvalue weighted by molar-refractivity contribution is 5.41. The van der Waals surface area contributed by atoms with E-state index in [4.69, 9.17) is 0 Å². The summed E-state index contributed by atoms with van der Waals surface area (Å²) in [5, 5.41) is 3.21. The summed E-state index contributed by atoms with van der Waals surface area (Å²) in [4.78, 5) is 0. The first-order valence-electron chi connectivity index (χ1n) is 4.21. The van der Waals surface area contributed by atoms with E-state index in [1.54, 1.807) is 0 Å². The van der Waals surface area contributed by atoms with Crippen molar-refractivity contribution in [1.29, 1.82) is 0 Å². The number of hydrogen-bond donors (Lipinski definition) is 1. The summed E-state index contributed by atoms with van der Waals surface area (Å²) in [6, 6.07) is 10.2. The van der Waals surface area contributed by atoms with Crippen molar-refractivity contribution in [3.05, 3.63) is 43.0 Å². The van der Waals surface area contributed by atoms with Crippen molar-refractivity contribution in [2.24, 2.45) is 0 Å². The van der Waals surface area contributed by atoms with Crippen molar-refractivity contribution in [1.82, 2.24) is 0 Å². The van der Waals surface area contributed by atoms with Crippen molar-refractivity contribution >= 4 is 5.69 Å². The Morgan fingerprint density at radius 3 is 2.38 bits per heavy atom. The van der Waals surface area contributed by atoms with E-state index >= 15 is 0 Å². The number of allylic oxidation sites excluding steroid dienone is 1. The number of rotatable bonds is 2. The van der Waals surface area contributed by atoms with Crippen LogP contribution in [-0.2, 0) is 0 Å². The lowest BCUT2D eigenvalue weighted by molar-refractivity contribution is 1.21. The SMILES string of the molecule is C#CC=C.CCNc1ccccc1. The molecule has 1 N–H and O–H groups in total. The van der Waals surface area contributed by atoms with E-state index < -0.39 is 0 Å². The minimum Gasteiger partial charge on any atom is -0.385 e. The average Bonchev–Trinajstić information content (AvgIpc) is 2.20. The van der Waals surface area contributed by atoms with Crippen molar-refractivity contribution in [3.63, 3.8) is 0 Å². The Labute approximate surface area is 80.5 Å². The van der Waals surface area contributed by atoms with Gasteiger partial charge in [-0.15, -0.1) is 6.42 Å². The molecule has 0 heterocycles. The van der Waals surface area contributed by atoms with Gasteiger partial charge in [-0.25, -0.2) is 0 Å². The fourth-order valence-corrected chi connectivity index (χ4v) is 0.760. The molecule has 0 spiro atoms. The molecule has 0 aliphatic rings. The summed E-state index contributed by atoms with van der Waals surface area (Å²) in [7, 11) is 0. The second kappa shape index (κ2) is 8.42. The summed E-state index contributed by atoms with van der Waals surface area (Å²) >= 11 is 0. The van der Waals surface area contributed by atoms with Crippen LogP contribution in [-0.4, -0.2) is 6.54 Å². The van der Waals surface area contributed by atoms with Crippen LogP contribution < -0.4 is 5.32 Å². The van der Waals surface area contributed by atoms with Gasteiger partial charge in [0.2, 0.25) is 0 Å². The third kappa shape index (κ3) is 6.71. The van der Waals surface area contributed by atoms with E-state index in [2.05, 4.69) is 43.3 Å². The molecule has 1 aromatic rings. The van der Waals surface area contributed by atoms with Crippen LogP contribution in [0.2, 0.25) is 0 Å². The number of benzene rings is 1. The van der Waals surface area contributed by atoms with Crippen LogP contribution in [0, 0.1) is 12.3 Å². The van der Waals surface area contributed by atoms with Gasteiger partial charge in [-0.3, -0.25) is 0 Å². The van der Waals surface area contributed by atoms with Crippen molar-refractivity contribution < 1.29 is 0 Å². The minimum atomic E-state index is 0.990. The van der Waals surface area contributed by atoms with E-state index in [1.165, 1.54) is 11.8 Å². The van der Waals surface area contributed by atoms with Gasteiger partial charge >= 0.3 is 0 Å². The fraction of sp³-hybridized carbons (Fsp3) is 0.167. The van der Waals surface area contributed by atoms with Crippen LogP contribution in [0.5, 0.6) is 0 Å². The Morgan fingerprint density at radius 1 is 1.46 bits per heavy atom. The van der Waals surface area contributed by atoms with E-state index in [-0.39, 0.29) is 0 Å². The molecule has 0 amide bonds. The molecule has 13 heavy (non-hydrogen) atoms. The molecule has 1 nitrogen and oxygen atoms in total. The van der Waals surface area contributed by atoms with E-state index in [9.17, 15) is 0 Å². The molecule has 0 atom stereocenters. The molecule has 0 saturated carbocycles. The predicted molar refractivity (Wildman–Crippen MR) is 59.6 cm³/mol. The third-order valence-corrected chi connectivity index (χ3v) is 1.27. The highest BCUT2D eigenvalue weighted by Crippen LogP contribution is 2.02. The van der Waals surface area contributed by atoms with Crippen LogP contribution in [0.3, 0.4) is 0 Å². The number of anilines is 1. The first kappa shape index (κ1) is 11.3. The molecule has 0 aliphatic carbocycles. The molecule has 0 aromatic heterocycles. The number of para-hydroxylation sites is 1. The molecule has 1 heteroatoms. The highest BCUT2D eigenvalue weighted by Gasteiger charge is 1.81. The zero-order valence-electron chi connectivity index (χ0n) is 7.96. The van der Waals surface area contributed by atoms with Gasteiger partial charge in [0.1, 0.15) is 0 Å². The largest absolute Gasteiger partial charge is 0.385 e. The fourth-order valence-electron chi connectivity index (χ4n) is 0.760. The van der Waals surface area contributed by atoms with Gasteiger partial charge < -0.3 is 5.32 Å². The zero-order chi connectivity index (χ0) is 9.94. The summed E-state index contributed by atoms with van der Waals surface area (Å²) < 4.78 is 0. The van der Waals surface area contributed by atoms with Gasteiger partial charge in [-0.05, 0) is 25.1 Å². The zero-order valence-corrected chi connectivity index (χ0v) is 7.96. The van der Waals surface area contributed by atoms with Crippen molar-refractivity contribution in [2.45, 2.75) is 6.92 Å².